The second kappa shape index (κ2) is 11.9. The molecule has 4 aromatic rings. The molecule has 0 unspecified atom stereocenters. The third-order valence-corrected chi connectivity index (χ3v) is 6.97. The van der Waals surface area contributed by atoms with E-state index in [1.807, 2.05) is 35.9 Å². The lowest BCUT2D eigenvalue weighted by Gasteiger charge is -2.32. The lowest BCUT2D eigenvalue weighted by molar-refractivity contribution is 0.108. The summed E-state index contributed by atoms with van der Waals surface area (Å²) in [6.45, 7) is 7.36. The summed E-state index contributed by atoms with van der Waals surface area (Å²) in [5.41, 5.74) is 2.45. The van der Waals surface area contributed by atoms with Gasteiger partial charge in [-0.1, -0.05) is 48.0 Å². The first-order valence-corrected chi connectivity index (χ1v) is 13.2. The van der Waals surface area contributed by atoms with E-state index in [0.717, 1.165) is 32.6 Å². The molecular weight excluding hydrogens is 502 g/mol. The van der Waals surface area contributed by atoms with Gasteiger partial charge in [0.05, 0.1) is 17.3 Å². The molecule has 0 saturated carbocycles. The summed E-state index contributed by atoms with van der Waals surface area (Å²) >= 11 is 6.31. The van der Waals surface area contributed by atoms with Crippen molar-refractivity contribution < 1.29 is 9.53 Å². The highest BCUT2D eigenvalue weighted by molar-refractivity contribution is 6.31. The van der Waals surface area contributed by atoms with Crippen molar-refractivity contribution in [2.24, 2.45) is 0 Å². The zero-order valence-corrected chi connectivity index (χ0v) is 22.5. The Morgan fingerprint density at radius 1 is 1.03 bits per heavy atom. The SMILES string of the molecule is Cc1nc(N(C(=O)OCCN2CCN(C)CC2)c2cccc(Cl)c2)c2cnn(CCc3ccccc3)c2n1. The molecule has 0 bridgehead atoms. The van der Waals surface area contributed by atoms with Gasteiger partial charge in [0, 0.05) is 44.3 Å². The molecule has 1 amide bonds. The Morgan fingerprint density at radius 2 is 1.82 bits per heavy atom. The maximum Gasteiger partial charge on any atom is 0.420 e. The summed E-state index contributed by atoms with van der Waals surface area (Å²) < 4.78 is 7.64. The minimum atomic E-state index is -0.516. The van der Waals surface area contributed by atoms with Crippen molar-refractivity contribution in [2.75, 3.05) is 51.3 Å². The number of hydrogen-bond donors (Lipinski definition) is 0. The first-order chi connectivity index (χ1) is 18.5. The fourth-order valence-corrected chi connectivity index (χ4v) is 4.77. The molecule has 1 aliphatic heterocycles. The van der Waals surface area contributed by atoms with Crippen LogP contribution in [0, 0.1) is 6.92 Å². The number of amides is 1. The zero-order valence-electron chi connectivity index (χ0n) is 21.8. The average molecular weight is 534 g/mol. The van der Waals surface area contributed by atoms with Crippen LogP contribution in [0.1, 0.15) is 11.4 Å². The monoisotopic (exact) mass is 533 g/mol. The Hall–Kier alpha value is -3.53. The highest BCUT2D eigenvalue weighted by Crippen LogP contribution is 2.32. The second-order valence-corrected chi connectivity index (χ2v) is 9.95. The van der Waals surface area contributed by atoms with Crippen molar-refractivity contribution in [1.29, 1.82) is 0 Å². The van der Waals surface area contributed by atoms with Crippen molar-refractivity contribution in [3.63, 3.8) is 0 Å². The van der Waals surface area contributed by atoms with Crippen molar-refractivity contribution in [2.45, 2.75) is 19.9 Å². The Labute approximate surface area is 227 Å². The van der Waals surface area contributed by atoms with Crippen LogP contribution in [0.15, 0.2) is 60.8 Å². The van der Waals surface area contributed by atoms with Crippen molar-refractivity contribution >= 4 is 40.2 Å². The van der Waals surface area contributed by atoms with Crippen LogP contribution in [0.25, 0.3) is 11.0 Å². The average Bonchev–Trinajstić information content (AvgIpc) is 3.32. The van der Waals surface area contributed by atoms with Crippen molar-refractivity contribution in [1.82, 2.24) is 29.5 Å². The van der Waals surface area contributed by atoms with Crippen LogP contribution in [0.3, 0.4) is 0 Å². The third-order valence-electron chi connectivity index (χ3n) is 6.73. The van der Waals surface area contributed by atoms with Crippen molar-refractivity contribution in [3.05, 3.63) is 77.2 Å². The molecule has 1 aliphatic rings. The van der Waals surface area contributed by atoms with Crippen LogP contribution in [0.4, 0.5) is 16.3 Å². The third kappa shape index (κ3) is 6.12. The van der Waals surface area contributed by atoms with E-state index in [1.165, 1.54) is 10.5 Å². The number of aromatic nitrogens is 4. The minimum Gasteiger partial charge on any atom is -0.448 e. The van der Waals surface area contributed by atoms with Gasteiger partial charge in [-0.2, -0.15) is 5.10 Å². The van der Waals surface area contributed by atoms with Crippen molar-refractivity contribution in [3.8, 4) is 0 Å². The number of anilines is 2. The number of fused-ring (bicyclic) bond motifs is 1. The fraction of sp³-hybridized carbons (Fsp3) is 0.357. The van der Waals surface area contributed by atoms with Crippen LogP contribution >= 0.6 is 11.6 Å². The molecule has 5 rings (SSSR count). The van der Waals surface area contributed by atoms with Gasteiger partial charge in [0.15, 0.2) is 11.5 Å². The zero-order chi connectivity index (χ0) is 26.5. The highest BCUT2D eigenvalue weighted by Gasteiger charge is 2.26. The number of halogens is 1. The van der Waals surface area contributed by atoms with Crippen LogP contribution in [0.5, 0.6) is 0 Å². The van der Waals surface area contributed by atoms with Crippen LogP contribution < -0.4 is 4.90 Å². The van der Waals surface area contributed by atoms with Gasteiger partial charge in [-0.3, -0.25) is 4.90 Å². The number of carbonyl (C=O) groups excluding carboxylic acids is 1. The van der Waals surface area contributed by atoms with Gasteiger partial charge in [0.2, 0.25) is 0 Å². The van der Waals surface area contributed by atoms with Gasteiger partial charge in [0.1, 0.15) is 12.4 Å². The predicted molar refractivity (Wildman–Crippen MR) is 149 cm³/mol. The van der Waals surface area contributed by atoms with Gasteiger partial charge < -0.3 is 9.64 Å². The summed E-state index contributed by atoms with van der Waals surface area (Å²) in [6, 6.07) is 17.4. The molecule has 3 heterocycles. The fourth-order valence-electron chi connectivity index (χ4n) is 4.59. The number of piperazine rings is 1. The molecule has 38 heavy (non-hydrogen) atoms. The summed E-state index contributed by atoms with van der Waals surface area (Å²) in [6.07, 6.45) is 2.00. The number of aryl methyl sites for hydroxylation is 3. The quantitative estimate of drug-likeness (QED) is 0.328. The number of rotatable bonds is 8. The maximum absolute atomic E-state index is 13.6. The molecule has 1 saturated heterocycles. The minimum absolute atomic E-state index is 0.281. The summed E-state index contributed by atoms with van der Waals surface area (Å²) in [4.78, 5) is 29.0. The molecule has 198 valence electrons. The van der Waals surface area contributed by atoms with Crippen LogP contribution in [0.2, 0.25) is 5.02 Å². The van der Waals surface area contributed by atoms with E-state index in [-0.39, 0.29) is 6.61 Å². The van der Waals surface area contributed by atoms with E-state index in [1.54, 1.807) is 24.4 Å². The van der Waals surface area contributed by atoms with E-state index in [4.69, 9.17) is 16.3 Å². The number of ether oxygens (including phenoxy) is 1. The molecule has 0 radical (unpaired) electrons. The molecule has 0 spiro atoms. The van der Waals surface area contributed by atoms with E-state index >= 15 is 0 Å². The molecule has 2 aromatic carbocycles. The Bertz CT molecular complexity index is 1390. The molecular formula is C28H32ClN7O2. The Kier molecular flexibility index (Phi) is 8.17. The normalized spacial score (nSPS) is 14.6. The number of benzene rings is 2. The maximum atomic E-state index is 13.6. The molecule has 1 fully saturated rings. The van der Waals surface area contributed by atoms with Gasteiger partial charge in [-0.15, -0.1) is 0 Å². The molecule has 9 nitrogen and oxygen atoms in total. The second-order valence-electron chi connectivity index (χ2n) is 9.51. The van der Waals surface area contributed by atoms with E-state index in [9.17, 15) is 4.79 Å². The van der Waals surface area contributed by atoms with Crippen LogP contribution in [-0.4, -0.2) is 82.0 Å². The molecule has 2 aromatic heterocycles. The summed E-state index contributed by atoms with van der Waals surface area (Å²) in [7, 11) is 2.12. The lowest BCUT2D eigenvalue weighted by Crippen LogP contribution is -2.45. The van der Waals surface area contributed by atoms with Gasteiger partial charge in [-0.25, -0.2) is 24.3 Å². The molecule has 0 aliphatic carbocycles. The topological polar surface area (TPSA) is 79.6 Å². The molecule has 10 heteroatoms. The number of nitrogens with zero attached hydrogens (tertiary/aromatic N) is 7. The first-order valence-electron chi connectivity index (χ1n) is 12.9. The largest absolute Gasteiger partial charge is 0.448 e. The summed E-state index contributed by atoms with van der Waals surface area (Å²) in [5.74, 6) is 0.955. The number of hydrogen-bond acceptors (Lipinski definition) is 7. The van der Waals surface area contributed by atoms with Gasteiger partial charge in [0.25, 0.3) is 0 Å². The first kappa shape index (κ1) is 26.1. The molecule has 0 atom stereocenters. The van der Waals surface area contributed by atoms with E-state index in [2.05, 4.69) is 44.0 Å². The number of likely N-dealkylation sites (N-methyl/N-ethyl adjacent to an activating group) is 1. The predicted octanol–water partition coefficient (Wildman–Crippen LogP) is 4.55. The highest BCUT2D eigenvalue weighted by atomic mass is 35.5. The Morgan fingerprint density at radius 3 is 2.58 bits per heavy atom. The number of carbonyl (C=O) groups is 1. The van der Waals surface area contributed by atoms with Gasteiger partial charge in [-0.05, 0) is 44.2 Å². The lowest BCUT2D eigenvalue weighted by atomic mass is 10.1. The van der Waals surface area contributed by atoms with E-state index < -0.39 is 6.09 Å². The smallest absolute Gasteiger partial charge is 0.420 e. The molecule has 0 N–H and O–H groups in total. The standard InChI is InChI=1S/C28H32ClN7O2/c1-21-31-26-25(20-30-35(26)12-11-22-7-4-3-5-8-22)27(32-21)36(24-10-6-9-23(29)19-24)28(37)38-18-17-34-15-13-33(2)14-16-34/h3-10,19-20H,11-18H2,1-2H3. The van der Waals surface area contributed by atoms with E-state index in [0.29, 0.717) is 46.5 Å². The van der Waals surface area contributed by atoms with Crippen LogP contribution in [-0.2, 0) is 17.7 Å². The van der Waals surface area contributed by atoms with Gasteiger partial charge >= 0.3 is 6.09 Å². The Balaban J connectivity index is 1.41. The summed E-state index contributed by atoms with van der Waals surface area (Å²) in [5, 5.41) is 5.77.